The standard InChI is InChI=1S/C17H25F3N2O/c1-3-5-7-13(4-2)11-21-16(23)22-12-14-8-6-9-15(10-14)17(18,19)20/h6,8-10,13H,3-5,7,11-12H2,1-2H3,(H2,21,22,23). The summed E-state index contributed by atoms with van der Waals surface area (Å²) >= 11 is 0. The van der Waals surface area contributed by atoms with Crippen LogP contribution in [0.5, 0.6) is 0 Å². The number of carbonyl (C=O) groups is 1. The fourth-order valence-electron chi connectivity index (χ4n) is 2.28. The van der Waals surface area contributed by atoms with Crippen molar-refractivity contribution in [1.29, 1.82) is 0 Å². The Labute approximate surface area is 135 Å². The number of benzene rings is 1. The van der Waals surface area contributed by atoms with Crippen LogP contribution in [0.3, 0.4) is 0 Å². The van der Waals surface area contributed by atoms with E-state index in [2.05, 4.69) is 24.5 Å². The fourth-order valence-corrected chi connectivity index (χ4v) is 2.28. The van der Waals surface area contributed by atoms with Crippen LogP contribution in [0.1, 0.15) is 50.7 Å². The molecule has 0 aliphatic rings. The molecule has 3 nitrogen and oxygen atoms in total. The van der Waals surface area contributed by atoms with Gasteiger partial charge in [-0.3, -0.25) is 0 Å². The Morgan fingerprint density at radius 1 is 1.22 bits per heavy atom. The Kier molecular flexibility index (Phi) is 7.92. The van der Waals surface area contributed by atoms with Crippen molar-refractivity contribution in [2.24, 2.45) is 5.92 Å². The summed E-state index contributed by atoms with van der Waals surface area (Å²) < 4.78 is 37.9. The smallest absolute Gasteiger partial charge is 0.338 e. The highest BCUT2D eigenvalue weighted by molar-refractivity contribution is 5.73. The maximum Gasteiger partial charge on any atom is 0.416 e. The first-order valence-electron chi connectivity index (χ1n) is 8.04. The van der Waals surface area contributed by atoms with Gasteiger partial charge in [-0.25, -0.2) is 4.79 Å². The molecule has 23 heavy (non-hydrogen) atoms. The highest BCUT2D eigenvalue weighted by atomic mass is 19.4. The van der Waals surface area contributed by atoms with Crippen molar-refractivity contribution in [3.8, 4) is 0 Å². The SMILES string of the molecule is CCCCC(CC)CNC(=O)NCc1cccc(C(F)(F)F)c1. The van der Waals surface area contributed by atoms with Crippen molar-refractivity contribution in [2.75, 3.05) is 6.54 Å². The molecule has 0 radical (unpaired) electrons. The van der Waals surface area contributed by atoms with Crippen molar-refractivity contribution in [2.45, 2.75) is 52.3 Å². The van der Waals surface area contributed by atoms with Gasteiger partial charge in [0, 0.05) is 13.1 Å². The molecule has 0 aliphatic heterocycles. The first kappa shape index (κ1) is 19.3. The van der Waals surface area contributed by atoms with Gasteiger partial charge in [-0.1, -0.05) is 45.2 Å². The van der Waals surface area contributed by atoms with Gasteiger partial charge in [0.2, 0.25) is 0 Å². The quantitative estimate of drug-likeness (QED) is 0.711. The average molecular weight is 330 g/mol. The number of halogens is 3. The van der Waals surface area contributed by atoms with Gasteiger partial charge in [0.25, 0.3) is 0 Å². The molecular formula is C17H25F3N2O. The second kappa shape index (κ2) is 9.43. The second-order valence-corrected chi connectivity index (χ2v) is 5.68. The van der Waals surface area contributed by atoms with E-state index in [0.29, 0.717) is 18.0 Å². The highest BCUT2D eigenvalue weighted by Crippen LogP contribution is 2.29. The summed E-state index contributed by atoms with van der Waals surface area (Å²) in [5.41, 5.74) is -0.282. The summed E-state index contributed by atoms with van der Waals surface area (Å²) in [7, 11) is 0. The summed E-state index contributed by atoms with van der Waals surface area (Å²) in [6, 6.07) is 4.62. The number of alkyl halides is 3. The molecule has 1 rings (SSSR count). The first-order chi connectivity index (χ1) is 10.9. The first-order valence-corrected chi connectivity index (χ1v) is 8.04. The van der Waals surface area contributed by atoms with E-state index in [9.17, 15) is 18.0 Å². The molecule has 0 bridgehead atoms. The Bertz CT molecular complexity index is 489. The molecule has 0 spiro atoms. The molecule has 130 valence electrons. The lowest BCUT2D eigenvalue weighted by molar-refractivity contribution is -0.137. The van der Waals surface area contributed by atoms with Crippen molar-refractivity contribution >= 4 is 6.03 Å². The predicted octanol–water partition coefficient (Wildman–Crippen LogP) is 4.72. The van der Waals surface area contributed by atoms with Gasteiger partial charge in [-0.2, -0.15) is 13.2 Å². The molecule has 1 aromatic carbocycles. The average Bonchev–Trinajstić information content (AvgIpc) is 2.52. The van der Waals surface area contributed by atoms with Crippen molar-refractivity contribution in [3.05, 3.63) is 35.4 Å². The molecular weight excluding hydrogens is 305 g/mol. The van der Waals surface area contributed by atoms with Crippen LogP contribution in [-0.2, 0) is 12.7 Å². The third-order valence-corrected chi connectivity index (χ3v) is 3.80. The Morgan fingerprint density at radius 2 is 1.96 bits per heavy atom. The number of unbranched alkanes of at least 4 members (excludes halogenated alkanes) is 1. The lowest BCUT2D eigenvalue weighted by Crippen LogP contribution is -2.37. The number of carbonyl (C=O) groups excluding carboxylic acids is 1. The number of rotatable bonds is 8. The Hall–Kier alpha value is -1.72. The van der Waals surface area contributed by atoms with E-state index in [-0.39, 0.29) is 12.6 Å². The fraction of sp³-hybridized carbons (Fsp3) is 0.588. The van der Waals surface area contributed by atoms with Gasteiger partial charge in [0.1, 0.15) is 0 Å². The molecule has 1 unspecified atom stereocenters. The van der Waals surface area contributed by atoms with Crippen LogP contribution in [-0.4, -0.2) is 12.6 Å². The Balaban J connectivity index is 2.41. The number of hydrogen-bond acceptors (Lipinski definition) is 1. The summed E-state index contributed by atoms with van der Waals surface area (Å²) in [6.07, 6.45) is -0.0506. The van der Waals surface area contributed by atoms with Crippen LogP contribution in [0.15, 0.2) is 24.3 Å². The summed E-state index contributed by atoms with van der Waals surface area (Å²) in [4.78, 5) is 11.7. The molecule has 2 amide bonds. The zero-order valence-electron chi connectivity index (χ0n) is 13.7. The van der Waals surface area contributed by atoms with Crippen LogP contribution >= 0.6 is 0 Å². The minimum absolute atomic E-state index is 0.0709. The van der Waals surface area contributed by atoms with Gasteiger partial charge in [-0.05, 0) is 30.0 Å². The predicted molar refractivity (Wildman–Crippen MR) is 85.0 cm³/mol. The Morgan fingerprint density at radius 3 is 2.57 bits per heavy atom. The van der Waals surface area contributed by atoms with Crippen LogP contribution in [0.4, 0.5) is 18.0 Å². The number of hydrogen-bond donors (Lipinski definition) is 2. The monoisotopic (exact) mass is 330 g/mol. The minimum atomic E-state index is -4.37. The summed E-state index contributed by atoms with van der Waals surface area (Å²) in [5.74, 6) is 0.439. The number of urea groups is 1. The van der Waals surface area contributed by atoms with E-state index in [0.717, 1.165) is 37.8 Å². The van der Waals surface area contributed by atoms with Crippen molar-refractivity contribution < 1.29 is 18.0 Å². The van der Waals surface area contributed by atoms with Gasteiger partial charge in [0.05, 0.1) is 5.56 Å². The van der Waals surface area contributed by atoms with Gasteiger partial charge >= 0.3 is 12.2 Å². The molecule has 0 saturated carbocycles. The van der Waals surface area contributed by atoms with Crippen LogP contribution in [0, 0.1) is 5.92 Å². The van der Waals surface area contributed by atoms with Crippen molar-refractivity contribution in [1.82, 2.24) is 10.6 Å². The normalized spacial score (nSPS) is 12.7. The van der Waals surface area contributed by atoms with E-state index in [1.165, 1.54) is 6.07 Å². The summed E-state index contributed by atoms with van der Waals surface area (Å²) in [6.45, 7) is 4.87. The third kappa shape index (κ3) is 7.39. The zero-order valence-corrected chi connectivity index (χ0v) is 13.7. The summed E-state index contributed by atoms with van der Waals surface area (Å²) in [5, 5.41) is 5.38. The second-order valence-electron chi connectivity index (χ2n) is 5.68. The van der Waals surface area contributed by atoms with Gasteiger partial charge in [-0.15, -0.1) is 0 Å². The van der Waals surface area contributed by atoms with E-state index >= 15 is 0 Å². The molecule has 0 fully saturated rings. The molecule has 0 aromatic heterocycles. The third-order valence-electron chi connectivity index (χ3n) is 3.80. The topological polar surface area (TPSA) is 41.1 Å². The van der Waals surface area contributed by atoms with E-state index in [1.807, 2.05) is 0 Å². The van der Waals surface area contributed by atoms with Gasteiger partial charge in [0.15, 0.2) is 0 Å². The molecule has 0 heterocycles. The van der Waals surface area contributed by atoms with E-state index < -0.39 is 11.7 Å². The maximum absolute atomic E-state index is 12.6. The van der Waals surface area contributed by atoms with E-state index in [4.69, 9.17) is 0 Å². The lowest BCUT2D eigenvalue weighted by Gasteiger charge is -2.16. The molecule has 1 aromatic rings. The molecule has 2 N–H and O–H groups in total. The molecule has 1 atom stereocenters. The zero-order chi connectivity index (χ0) is 17.3. The number of amides is 2. The molecule has 0 aliphatic carbocycles. The van der Waals surface area contributed by atoms with Crippen LogP contribution in [0.25, 0.3) is 0 Å². The van der Waals surface area contributed by atoms with E-state index in [1.54, 1.807) is 6.07 Å². The largest absolute Gasteiger partial charge is 0.416 e. The maximum atomic E-state index is 12.6. The molecule has 6 heteroatoms. The van der Waals surface area contributed by atoms with Crippen LogP contribution in [0.2, 0.25) is 0 Å². The number of nitrogens with one attached hydrogen (secondary N) is 2. The minimum Gasteiger partial charge on any atom is -0.338 e. The molecule has 0 saturated heterocycles. The van der Waals surface area contributed by atoms with Gasteiger partial charge < -0.3 is 10.6 Å². The lowest BCUT2D eigenvalue weighted by atomic mass is 9.99. The van der Waals surface area contributed by atoms with Crippen LogP contribution < -0.4 is 10.6 Å². The van der Waals surface area contributed by atoms with Crippen molar-refractivity contribution in [3.63, 3.8) is 0 Å². The highest BCUT2D eigenvalue weighted by Gasteiger charge is 2.30.